The highest BCUT2D eigenvalue weighted by molar-refractivity contribution is 9.10. The summed E-state index contributed by atoms with van der Waals surface area (Å²) in [5.74, 6) is 1.04. The van der Waals surface area contributed by atoms with Crippen molar-refractivity contribution in [2.45, 2.75) is 38.6 Å². The van der Waals surface area contributed by atoms with Crippen molar-refractivity contribution in [1.82, 2.24) is 19.5 Å². The Balaban J connectivity index is 1.61. The lowest BCUT2D eigenvalue weighted by Crippen LogP contribution is -2.30. The summed E-state index contributed by atoms with van der Waals surface area (Å²) in [6.07, 6.45) is 7.82. The fraction of sp³-hybridized carbons (Fsp3) is 0.500. The molecule has 1 saturated carbocycles. The lowest BCUT2D eigenvalue weighted by atomic mass is 10.1. The molecule has 0 aromatic carbocycles. The maximum absolute atomic E-state index is 13.1. The van der Waals surface area contributed by atoms with Gasteiger partial charge in [-0.25, -0.2) is 9.97 Å². The maximum Gasteiger partial charge on any atom is 0.267 e. The van der Waals surface area contributed by atoms with Gasteiger partial charge in [-0.3, -0.25) is 9.36 Å². The Morgan fingerprint density at radius 3 is 2.44 bits per heavy atom. The van der Waals surface area contributed by atoms with Gasteiger partial charge in [-0.15, -0.1) is 0 Å². The third kappa shape index (κ3) is 5.24. The van der Waals surface area contributed by atoms with Gasteiger partial charge in [-0.1, -0.05) is 12.8 Å². The van der Waals surface area contributed by atoms with Gasteiger partial charge in [0.1, 0.15) is 11.5 Å². The van der Waals surface area contributed by atoms with E-state index in [0.717, 1.165) is 55.4 Å². The zero-order valence-electron chi connectivity index (χ0n) is 19.9. The van der Waals surface area contributed by atoms with Crippen LogP contribution in [0.25, 0.3) is 11.0 Å². The van der Waals surface area contributed by atoms with Crippen molar-refractivity contribution in [3.63, 3.8) is 0 Å². The van der Waals surface area contributed by atoms with Crippen molar-refractivity contribution in [1.29, 1.82) is 0 Å². The van der Waals surface area contributed by atoms with Crippen molar-refractivity contribution in [2.75, 3.05) is 50.7 Å². The van der Waals surface area contributed by atoms with Crippen molar-refractivity contribution in [3.8, 4) is 0 Å². The minimum absolute atomic E-state index is 0.0313. The molecule has 0 amide bonds. The van der Waals surface area contributed by atoms with Crippen LogP contribution in [0, 0.1) is 6.92 Å². The largest absolute Gasteiger partial charge is 0.383 e. The predicted octanol–water partition coefficient (Wildman–Crippen LogP) is 4.22. The van der Waals surface area contributed by atoms with E-state index in [0.29, 0.717) is 35.1 Å². The summed E-state index contributed by atoms with van der Waals surface area (Å²) in [7, 11) is 3.38. The number of nitrogens with one attached hydrogen (secondary N) is 1. The average Bonchev–Trinajstić information content (AvgIpc) is 3.38. The molecule has 182 valence electrons. The molecule has 0 aliphatic heterocycles. The quantitative estimate of drug-likeness (QED) is 0.416. The van der Waals surface area contributed by atoms with Gasteiger partial charge in [-0.2, -0.15) is 4.98 Å². The van der Waals surface area contributed by atoms with Crippen LogP contribution in [0.15, 0.2) is 33.8 Å². The Morgan fingerprint density at radius 1 is 1.12 bits per heavy atom. The van der Waals surface area contributed by atoms with Crippen LogP contribution in [0.2, 0.25) is 0 Å². The Labute approximate surface area is 207 Å². The first-order valence-corrected chi connectivity index (χ1v) is 12.4. The smallest absolute Gasteiger partial charge is 0.267 e. The van der Waals surface area contributed by atoms with Crippen LogP contribution in [0.3, 0.4) is 0 Å². The molecule has 4 rings (SSSR count). The number of halogens is 1. The Hall–Kier alpha value is -2.56. The molecule has 1 N–H and O–H groups in total. The predicted molar refractivity (Wildman–Crippen MR) is 137 cm³/mol. The van der Waals surface area contributed by atoms with Crippen LogP contribution >= 0.6 is 15.9 Å². The molecule has 1 aliphatic rings. The summed E-state index contributed by atoms with van der Waals surface area (Å²) in [6.45, 7) is 4.65. The van der Waals surface area contributed by atoms with E-state index in [9.17, 15) is 4.79 Å². The molecule has 3 heterocycles. The zero-order chi connectivity index (χ0) is 24.1. The Bertz CT molecular complexity index is 1170. The molecule has 3 aromatic heterocycles. The van der Waals surface area contributed by atoms with Gasteiger partial charge in [0.2, 0.25) is 5.95 Å². The van der Waals surface area contributed by atoms with Gasteiger partial charge in [0, 0.05) is 44.9 Å². The second-order valence-corrected chi connectivity index (χ2v) is 9.28. The first-order chi connectivity index (χ1) is 16.5. The molecular weight excluding hydrogens is 500 g/mol. The number of ether oxygens (including phenoxy) is 2. The number of aryl methyl sites for hydroxylation is 1. The van der Waals surface area contributed by atoms with Crippen LogP contribution in [0.5, 0.6) is 0 Å². The molecule has 0 saturated heterocycles. The van der Waals surface area contributed by atoms with Crippen molar-refractivity contribution in [3.05, 3.63) is 44.9 Å². The number of methoxy groups -OCH3 is 2. The number of hydrogen-bond acceptors (Lipinski definition) is 8. The number of rotatable bonds is 10. The highest BCUT2D eigenvalue weighted by Crippen LogP contribution is 2.32. The van der Waals surface area contributed by atoms with Gasteiger partial charge >= 0.3 is 0 Å². The number of pyridine rings is 2. The van der Waals surface area contributed by atoms with E-state index in [2.05, 4.69) is 36.1 Å². The first kappa shape index (κ1) is 24.6. The molecule has 0 bridgehead atoms. The van der Waals surface area contributed by atoms with Gasteiger partial charge in [-0.05, 0) is 53.4 Å². The van der Waals surface area contributed by atoms with Crippen LogP contribution in [-0.4, -0.2) is 60.0 Å². The number of hydrogen-bond donors (Lipinski definition) is 1. The van der Waals surface area contributed by atoms with E-state index in [-0.39, 0.29) is 11.6 Å². The minimum atomic E-state index is -0.0313. The van der Waals surface area contributed by atoms with Crippen molar-refractivity contribution < 1.29 is 9.47 Å². The molecule has 0 spiro atoms. The summed E-state index contributed by atoms with van der Waals surface area (Å²) in [5.41, 5.74) is 2.47. The first-order valence-electron chi connectivity index (χ1n) is 11.6. The lowest BCUT2D eigenvalue weighted by molar-refractivity contribution is 0.190. The highest BCUT2D eigenvalue weighted by atomic mass is 79.9. The van der Waals surface area contributed by atoms with Crippen LogP contribution in [-0.2, 0) is 9.47 Å². The summed E-state index contributed by atoms with van der Waals surface area (Å²) in [5, 5.41) is 4.07. The molecule has 0 unspecified atom stereocenters. The third-order valence-electron chi connectivity index (χ3n) is 6.31. The molecule has 9 nitrogen and oxygen atoms in total. The topological polar surface area (TPSA) is 94.4 Å². The summed E-state index contributed by atoms with van der Waals surface area (Å²) in [4.78, 5) is 29.1. The van der Waals surface area contributed by atoms with E-state index in [1.54, 1.807) is 20.4 Å². The normalized spacial score (nSPS) is 14.1. The molecule has 10 heteroatoms. The van der Waals surface area contributed by atoms with E-state index < -0.39 is 0 Å². The standard InChI is InChI=1S/C24H31BrN6O3/c1-16-19-15-27-24(29-22(19)31(23(32)21(16)25)17-6-4-5-7-17)28-20-9-8-18(14-26-20)30(10-12-33-2)11-13-34-3/h8-9,14-15,17H,4-7,10-13H2,1-3H3,(H,26,27,28,29). The average molecular weight is 531 g/mol. The Kier molecular flexibility index (Phi) is 8.12. The molecule has 1 aliphatic carbocycles. The highest BCUT2D eigenvalue weighted by Gasteiger charge is 2.23. The summed E-state index contributed by atoms with van der Waals surface area (Å²) < 4.78 is 12.9. The second-order valence-electron chi connectivity index (χ2n) is 8.48. The number of nitrogens with zero attached hydrogens (tertiary/aromatic N) is 5. The number of aromatic nitrogens is 4. The van der Waals surface area contributed by atoms with Gasteiger partial charge < -0.3 is 19.7 Å². The summed E-state index contributed by atoms with van der Waals surface area (Å²) >= 11 is 3.49. The molecule has 0 atom stereocenters. The molecular formula is C24H31BrN6O3. The number of fused-ring (bicyclic) bond motifs is 1. The minimum Gasteiger partial charge on any atom is -0.383 e. The van der Waals surface area contributed by atoms with Crippen molar-refractivity contribution in [2.24, 2.45) is 0 Å². The molecule has 34 heavy (non-hydrogen) atoms. The van der Waals surface area contributed by atoms with Crippen LogP contribution in [0.4, 0.5) is 17.5 Å². The van der Waals surface area contributed by atoms with Gasteiger partial charge in [0.15, 0.2) is 0 Å². The van der Waals surface area contributed by atoms with E-state index in [1.165, 1.54) is 0 Å². The van der Waals surface area contributed by atoms with E-state index in [1.807, 2.05) is 29.8 Å². The van der Waals surface area contributed by atoms with Gasteiger partial charge in [0.25, 0.3) is 5.56 Å². The zero-order valence-corrected chi connectivity index (χ0v) is 21.5. The Morgan fingerprint density at radius 2 is 1.82 bits per heavy atom. The summed E-state index contributed by atoms with van der Waals surface area (Å²) in [6, 6.07) is 4.06. The molecule has 1 fully saturated rings. The third-order valence-corrected chi connectivity index (χ3v) is 7.24. The number of anilines is 3. The van der Waals surface area contributed by atoms with Gasteiger partial charge in [0.05, 0.1) is 29.6 Å². The lowest BCUT2D eigenvalue weighted by Gasteiger charge is -2.24. The van der Waals surface area contributed by atoms with E-state index in [4.69, 9.17) is 14.5 Å². The maximum atomic E-state index is 13.1. The van der Waals surface area contributed by atoms with Crippen LogP contribution < -0.4 is 15.8 Å². The fourth-order valence-electron chi connectivity index (χ4n) is 4.40. The fourth-order valence-corrected chi connectivity index (χ4v) is 4.80. The monoisotopic (exact) mass is 530 g/mol. The molecule has 0 radical (unpaired) electrons. The SMILES string of the molecule is COCCN(CCOC)c1ccc(Nc2ncc3c(C)c(Br)c(=O)n(C4CCCC4)c3n2)nc1. The second kappa shape index (κ2) is 11.2. The molecule has 3 aromatic rings. The van der Waals surface area contributed by atoms with E-state index >= 15 is 0 Å². The van der Waals surface area contributed by atoms with Crippen LogP contribution in [0.1, 0.15) is 37.3 Å². The van der Waals surface area contributed by atoms with Crippen molar-refractivity contribution >= 4 is 44.4 Å².